The maximum Gasteiger partial charge on any atom is 0.153 e. The predicted molar refractivity (Wildman–Crippen MR) is 77.2 cm³/mol. The van der Waals surface area contributed by atoms with Gasteiger partial charge in [0, 0.05) is 6.07 Å². The number of hydrogen-bond donors (Lipinski definition) is 1. The van der Waals surface area contributed by atoms with Gasteiger partial charge in [0.1, 0.15) is 22.5 Å². The van der Waals surface area contributed by atoms with Crippen molar-refractivity contribution in [2.75, 3.05) is 7.11 Å². The number of aryl methyl sites for hydroxylation is 1. The predicted octanol–water partition coefficient (Wildman–Crippen LogP) is 2.26. The van der Waals surface area contributed by atoms with E-state index in [1.54, 1.807) is 37.4 Å². The highest BCUT2D eigenvalue weighted by Crippen LogP contribution is 2.27. The molecule has 0 saturated heterocycles. The third-order valence-electron chi connectivity index (χ3n) is 3.19. The van der Waals surface area contributed by atoms with Crippen LogP contribution in [-0.4, -0.2) is 33.5 Å². The van der Waals surface area contributed by atoms with Crippen LogP contribution in [0.25, 0.3) is 16.7 Å². The third-order valence-corrected chi connectivity index (χ3v) is 3.19. The summed E-state index contributed by atoms with van der Waals surface area (Å²) in [5.74, 6) is 0.541. The second-order valence-electron chi connectivity index (χ2n) is 4.68. The molecule has 0 unspecified atom stereocenters. The van der Waals surface area contributed by atoms with Gasteiger partial charge in [0.2, 0.25) is 0 Å². The molecule has 6 heteroatoms. The van der Waals surface area contributed by atoms with Crippen molar-refractivity contribution >= 4 is 17.3 Å². The highest BCUT2D eigenvalue weighted by molar-refractivity contribution is 5.82. The van der Waals surface area contributed by atoms with E-state index < -0.39 is 0 Å². The summed E-state index contributed by atoms with van der Waals surface area (Å²) in [6.07, 6.45) is 0.609. The van der Waals surface area contributed by atoms with Crippen LogP contribution in [0.3, 0.4) is 0 Å². The van der Waals surface area contributed by atoms with Gasteiger partial charge in [0.25, 0.3) is 0 Å². The summed E-state index contributed by atoms with van der Waals surface area (Å²) in [5.41, 5.74) is 2.73. The van der Waals surface area contributed by atoms with Crippen LogP contribution >= 0.6 is 0 Å². The quantitative estimate of drug-likeness (QED) is 0.746. The number of phenols is 1. The minimum absolute atomic E-state index is 0.136. The Balaban J connectivity index is 2.20. The Morgan fingerprint density at radius 2 is 1.95 bits per heavy atom. The molecule has 1 aromatic heterocycles. The van der Waals surface area contributed by atoms with Crippen LogP contribution in [0, 0.1) is 6.92 Å². The number of phenolic OH excluding ortho intramolecular Hbond substituents is 1. The average molecular weight is 283 g/mol. The molecule has 6 nitrogen and oxygen atoms in total. The zero-order valence-corrected chi connectivity index (χ0v) is 11.6. The summed E-state index contributed by atoms with van der Waals surface area (Å²) in [6.45, 7) is 1.84. The second-order valence-corrected chi connectivity index (χ2v) is 4.68. The van der Waals surface area contributed by atoms with Crippen molar-refractivity contribution in [3.63, 3.8) is 0 Å². The van der Waals surface area contributed by atoms with E-state index in [2.05, 4.69) is 10.2 Å². The molecule has 0 amide bonds. The van der Waals surface area contributed by atoms with Crippen molar-refractivity contribution in [1.29, 1.82) is 0 Å². The Bertz CT molecular complexity index is 840. The Morgan fingerprint density at radius 3 is 2.67 bits per heavy atom. The minimum atomic E-state index is -0.136. The SMILES string of the molecule is COc1ccc2nn(-c3cc(C)cc(C=O)c3O)nc2c1. The van der Waals surface area contributed by atoms with Crippen LogP contribution in [0.2, 0.25) is 0 Å². The van der Waals surface area contributed by atoms with Crippen molar-refractivity contribution < 1.29 is 14.6 Å². The van der Waals surface area contributed by atoms with Crippen LogP contribution in [-0.2, 0) is 0 Å². The number of benzene rings is 2. The molecule has 21 heavy (non-hydrogen) atoms. The number of ether oxygens (including phenoxy) is 1. The first kappa shape index (κ1) is 13.1. The molecule has 3 aromatic rings. The molecule has 1 N–H and O–H groups in total. The van der Waals surface area contributed by atoms with Crippen LogP contribution in [0.4, 0.5) is 0 Å². The highest BCUT2D eigenvalue weighted by atomic mass is 16.5. The van der Waals surface area contributed by atoms with Gasteiger partial charge in [-0.05, 0) is 36.8 Å². The number of aromatic hydroxyl groups is 1. The van der Waals surface area contributed by atoms with Crippen molar-refractivity contribution in [3.8, 4) is 17.2 Å². The normalized spacial score (nSPS) is 10.8. The standard InChI is InChI=1S/C15H13N3O3/c1-9-5-10(8-19)15(20)14(6-9)18-16-12-4-3-11(21-2)7-13(12)17-18/h3-8,20H,1-2H3. The summed E-state index contributed by atoms with van der Waals surface area (Å²) in [4.78, 5) is 12.3. The molecular formula is C15H13N3O3. The first-order chi connectivity index (χ1) is 10.1. The lowest BCUT2D eigenvalue weighted by atomic mass is 10.1. The van der Waals surface area contributed by atoms with E-state index in [9.17, 15) is 9.90 Å². The topological polar surface area (TPSA) is 77.2 Å². The fourth-order valence-electron chi connectivity index (χ4n) is 2.16. The molecule has 0 spiro atoms. The molecule has 1 heterocycles. The number of aldehydes is 1. The van der Waals surface area contributed by atoms with Gasteiger partial charge >= 0.3 is 0 Å². The van der Waals surface area contributed by atoms with Gasteiger partial charge < -0.3 is 9.84 Å². The number of methoxy groups -OCH3 is 1. The van der Waals surface area contributed by atoms with Crippen LogP contribution in [0.5, 0.6) is 11.5 Å². The van der Waals surface area contributed by atoms with E-state index in [4.69, 9.17) is 4.74 Å². The van der Waals surface area contributed by atoms with E-state index in [1.807, 2.05) is 6.92 Å². The Hall–Kier alpha value is -2.89. The summed E-state index contributed by atoms with van der Waals surface area (Å²) in [6, 6.07) is 8.66. The largest absolute Gasteiger partial charge is 0.505 e. The summed E-state index contributed by atoms with van der Waals surface area (Å²) >= 11 is 0. The Kier molecular flexibility index (Phi) is 3.06. The third kappa shape index (κ3) is 2.20. The maximum absolute atomic E-state index is 11.0. The number of fused-ring (bicyclic) bond motifs is 1. The van der Waals surface area contributed by atoms with Gasteiger partial charge in [-0.2, -0.15) is 0 Å². The van der Waals surface area contributed by atoms with E-state index in [0.717, 1.165) is 5.56 Å². The maximum atomic E-state index is 11.0. The van der Waals surface area contributed by atoms with Gasteiger partial charge in [-0.15, -0.1) is 15.0 Å². The molecule has 0 aliphatic heterocycles. The highest BCUT2D eigenvalue weighted by Gasteiger charge is 2.13. The zero-order chi connectivity index (χ0) is 15.0. The number of hydrogen-bond acceptors (Lipinski definition) is 5. The lowest BCUT2D eigenvalue weighted by Gasteiger charge is -2.06. The van der Waals surface area contributed by atoms with Crippen LogP contribution in [0.15, 0.2) is 30.3 Å². The lowest BCUT2D eigenvalue weighted by Crippen LogP contribution is -2.01. The van der Waals surface area contributed by atoms with Gasteiger partial charge in [-0.25, -0.2) is 0 Å². The average Bonchev–Trinajstić information content (AvgIpc) is 2.91. The number of carbonyl (C=O) groups excluding carboxylic acids is 1. The fourth-order valence-corrected chi connectivity index (χ4v) is 2.16. The monoisotopic (exact) mass is 283 g/mol. The van der Waals surface area contributed by atoms with Crippen molar-refractivity contribution in [2.45, 2.75) is 6.92 Å². The fraction of sp³-hybridized carbons (Fsp3) is 0.133. The molecule has 0 aliphatic carbocycles. The molecule has 0 radical (unpaired) electrons. The molecular weight excluding hydrogens is 270 g/mol. The Morgan fingerprint density at radius 1 is 1.19 bits per heavy atom. The Labute approximate surface area is 120 Å². The van der Waals surface area contributed by atoms with E-state index in [0.29, 0.717) is 28.8 Å². The van der Waals surface area contributed by atoms with Crippen LogP contribution in [0.1, 0.15) is 15.9 Å². The number of carbonyl (C=O) groups is 1. The summed E-state index contributed by atoms with van der Waals surface area (Å²) in [7, 11) is 1.58. The van der Waals surface area contributed by atoms with Gasteiger partial charge in [-0.1, -0.05) is 0 Å². The van der Waals surface area contributed by atoms with Gasteiger partial charge in [0.15, 0.2) is 12.0 Å². The molecule has 0 atom stereocenters. The first-order valence-electron chi connectivity index (χ1n) is 6.32. The van der Waals surface area contributed by atoms with Crippen molar-refractivity contribution in [1.82, 2.24) is 15.0 Å². The molecule has 2 aromatic carbocycles. The zero-order valence-electron chi connectivity index (χ0n) is 11.6. The van der Waals surface area contributed by atoms with Crippen molar-refractivity contribution in [2.24, 2.45) is 0 Å². The van der Waals surface area contributed by atoms with Gasteiger partial charge in [-0.3, -0.25) is 4.79 Å². The van der Waals surface area contributed by atoms with Crippen LogP contribution < -0.4 is 4.74 Å². The molecule has 3 rings (SSSR count). The smallest absolute Gasteiger partial charge is 0.153 e. The minimum Gasteiger partial charge on any atom is -0.505 e. The molecule has 0 aliphatic rings. The molecule has 0 saturated carbocycles. The first-order valence-corrected chi connectivity index (χ1v) is 6.32. The number of rotatable bonds is 3. The second kappa shape index (κ2) is 4.90. The number of nitrogens with zero attached hydrogens (tertiary/aromatic N) is 3. The van der Waals surface area contributed by atoms with Gasteiger partial charge in [0.05, 0.1) is 12.7 Å². The lowest BCUT2D eigenvalue weighted by molar-refractivity contribution is 0.112. The van der Waals surface area contributed by atoms with Crippen molar-refractivity contribution in [3.05, 3.63) is 41.5 Å². The summed E-state index contributed by atoms with van der Waals surface area (Å²) in [5, 5.41) is 18.8. The molecule has 0 bridgehead atoms. The molecule has 0 fully saturated rings. The van der Waals surface area contributed by atoms with E-state index in [-0.39, 0.29) is 11.3 Å². The number of aromatic nitrogens is 3. The van der Waals surface area contributed by atoms with E-state index in [1.165, 1.54) is 4.80 Å². The molecule has 106 valence electrons. The van der Waals surface area contributed by atoms with E-state index >= 15 is 0 Å². The summed E-state index contributed by atoms with van der Waals surface area (Å²) < 4.78 is 5.14.